The highest BCUT2D eigenvalue weighted by Crippen LogP contribution is 2.36. The van der Waals surface area contributed by atoms with Gasteiger partial charge in [-0.1, -0.05) is 66.7 Å². The molecule has 0 aromatic heterocycles. The number of rotatable bonds is 7. The van der Waals surface area contributed by atoms with Crippen molar-refractivity contribution in [1.29, 1.82) is 0 Å². The molecule has 1 atom stereocenters. The lowest BCUT2D eigenvalue weighted by molar-refractivity contribution is -0.125. The second-order valence-corrected chi connectivity index (χ2v) is 7.17. The predicted octanol–water partition coefficient (Wildman–Crippen LogP) is 4.10. The van der Waals surface area contributed by atoms with Crippen LogP contribution in [0.5, 0.6) is 5.75 Å². The number of ether oxygens (including phenoxy) is 1. The molecule has 0 aliphatic carbocycles. The molecular weight excluding hydrogens is 376 g/mol. The number of nitrogens with zero attached hydrogens (tertiary/aromatic N) is 1. The summed E-state index contributed by atoms with van der Waals surface area (Å²) in [6.45, 7) is 3.17. The van der Waals surface area contributed by atoms with Gasteiger partial charge in [-0.05, 0) is 30.2 Å². The maximum atomic E-state index is 13.2. The van der Waals surface area contributed by atoms with E-state index in [2.05, 4.69) is 5.32 Å². The molecule has 1 N–H and O–H groups in total. The Hall–Kier alpha value is -3.60. The molecule has 1 aliphatic rings. The molecule has 0 saturated heterocycles. The Morgan fingerprint density at radius 3 is 2.47 bits per heavy atom. The van der Waals surface area contributed by atoms with E-state index in [0.717, 1.165) is 22.4 Å². The third-order valence-electron chi connectivity index (χ3n) is 5.23. The van der Waals surface area contributed by atoms with Crippen LogP contribution in [0.4, 0.5) is 0 Å². The second-order valence-electron chi connectivity index (χ2n) is 7.17. The topological polar surface area (TPSA) is 58.6 Å². The van der Waals surface area contributed by atoms with Gasteiger partial charge in [0.2, 0.25) is 5.91 Å². The minimum Gasteiger partial charge on any atom is -0.494 e. The first kappa shape index (κ1) is 19.7. The van der Waals surface area contributed by atoms with Crippen LogP contribution in [0.25, 0.3) is 0 Å². The van der Waals surface area contributed by atoms with E-state index in [1.807, 2.05) is 79.7 Å². The smallest absolute Gasteiger partial charge is 0.255 e. The van der Waals surface area contributed by atoms with Gasteiger partial charge in [0.15, 0.2) is 0 Å². The third kappa shape index (κ3) is 3.92. The maximum absolute atomic E-state index is 13.2. The van der Waals surface area contributed by atoms with Crippen molar-refractivity contribution in [3.05, 3.63) is 101 Å². The maximum Gasteiger partial charge on any atom is 0.255 e. The van der Waals surface area contributed by atoms with Gasteiger partial charge in [0, 0.05) is 17.7 Å². The largest absolute Gasteiger partial charge is 0.494 e. The van der Waals surface area contributed by atoms with Crippen LogP contribution < -0.4 is 10.1 Å². The van der Waals surface area contributed by atoms with Crippen LogP contribution in [-0.4, -0.2) is 23.3 Å². The fourth-order valence-electron chi connectivity index (χ4n) is 3.81. The van der Waals surface area contributed by atoms with E-state index in [1.165, 1.54) is 0 Å². The number of amides is 2. The molecule has 5 heteroatoms. The van der Waals surface area contributed by atoms with Crippen molar-refractivity contribution >= 4 is 11.8 Å². The Balaban J connectivity index is 1.61. The highest BCUT2D eigenvalue weighted by atomic mass is 16.5. The number of nitrogens with one attached hydrogen (secondary N) is 1. The van der Waals surface area contributed by atoms with Gasteiger partial charge in [0.1, 0.15) is 11.8 Å². The Labute approximate surface area is 176 Å². The number of para-hydroxylation sites is 1. The quantitative estimate of drug-likeness (QED) is 0.650. The molecule has 0 spiro atoms. The van der Waals surface area contributed by atoms with Crippen molar-refractivity contribution in [1.82, 2.24) is 10.2 Å². The monoisotopic (exact) mass is 400 g/mol. The lowest BCUT2D eigenvalue weighted by atomic mass is 10.0. The first-order chi connectivity index (χ1) is 14.7. The van der Waals surface area contributed by atoms with Crippen LogP contribution in [0.15, 0.2) is 78.9 Å². The van der Waals surface area contributed by atoms with Crippen LogP contribution >= 0.6 is 0 Å². The summed E-state index contributed by atoms with van der Waals surface area (Å²) in [6, 6.07) is 24.0. The molecule has 30 heavy (non-hydrogen) atoms. The Kier molecular flexibility index (Phi) is 5.80. The zero-order chi connectivity index (χ0) is 20.9. The van der Waals surface area contributed by atoms with Crippen LogP contribution in [0.1, 0.15) is 40.0 Å². The molecule has 5 nitrogen and oxygen atoms in total. The molecule has 0 saturated carbocycles. The lowest BCUT2D eigenvalue weighted by Crippen LogP contribution is -2.38. The van der Waals surface area contributed by atoms with Crippen molar-refractivity contribution in [3.63, 3.8) is 0 Å². The number of benzene rings is 3. The highest BCUT2D eigenvalue weighted by molar-refractivity contribution is 6.04. The van der Waals surface area contributed by atoms with Gasteiger partial charge in [0.05, 0.1) is 13.2 Å². The predicted molar refractivity (Wildman–Crippen MR) is 115 cm³/mol. The summed E-state index contributed by atoms with van der Waals surface area (Å²) >= 11 is 0. The number of carbonyl (C=O) groups is 2. The molecule has 3 aromatic carbocycles. The Morgan fingerprint density at radius 1 is 0.967 bits per heavy atom. The SMILES string of the molecule is CCOc1ccccc1CN1C(=O)c2ccccc2C1C(=O)NCc1ccccc1. The first-order valence-electron chi connectivity index (χ1n) is 10.1. The van der Waals surface area contributed by atoms with E-state index in [0.29, 0.717) is 25.3 Å². The Morgan fingerprint density at radius 2 is 1.67 bits per heavy atom. The molecular formula is C25H24N2O3. The summed E-state index contributed by atoms with van der Waals surface area (Å²) in [5.74, 6) is 0.398. The molecule has 4 rings (SSSR count). The van der Waals surface area contributed by atoms with Gasteiger partial charge >= 0.3 is 0 Å². The lowest BCUT2D eigenvalue weighted by Gasteiger charge is -2.25. The molecule has 1 aliphatic heterocycles. The number of hydrogen-bond acceptors (Lipinski definition) is 3. The molecule has 152 valence electrons. The van der Waals surface area contributed by atoms with Gasteiger partial charge in [-0.15, -0.1) is 0 Å². The normalized spacial score (nSPS) is 15.0. The summed E-state index contributed by atoms with van der Waals surface area (Å²) in [5.41, 5.74) is 3.20. The zero-order valence-electron chi connectivity index (χ0n) is 16.9. The van der Waals surface area contributed by atoms with Gasteiger partial charge < -0.3 is 15.0 Å². The summed E-state index contributed by atoms with van der Waals surface area (Å²) in [7, 11) is 0. The number of carbonyl (C=O) groups excluding carboxylic acids is 2. The van der Waals surface area contributed by atoms with Crippen molar-refractivity contribution in [2.75, 3.05) is 6.61 Å². The number of fused-ring (bicyclic) bond motifs is 1. The van der Waals surface area contributed by atoms with Gasteiger partial charge in [0.25, 0.3) is 5.91 Å². The molecule has 2 amide bonds. The van der Waals surface area contributed by atoms with Crippen LogP contribution in [0.2, 0.25) is 0 Å². The minimum absolute atomic E-state index is 0.142. The summed E-state index contributed by atoms with van der Waals surface area (Å²) < 4.78 is 5.72. The fourth-order valence-corrected chi connectivity index (χ4v) is 3.81. The van der Waals surface area contributed by atoms with Gasteiger partial charge in [-0.25, -0.2) is 0 Å². The molecule has 0 radical (unpaired) electrons. The van der Waals surface area contributed by atoms with E-state index < -0.39 is 6.04 Å². The average molecular weight is 400 g/mol. The molecule has 3 aromatic rings. The molecule has 1 unspecified atom stereocenters. The summed E-state index contributed by atoms with van der Waals surface area (Å²) in [5, 5.41) is 2.99. The van der Waals surface area contributed by atoms with Crippen molar-refractivity contribution < 1.29 is 14.3 Å². The van der Waals surface area contributed by atoms with E-state index in [1.54, 1.807) is 11.0 Å². The number of hydrogen-bond donors (Lipinski definition) is 1. The minimum atomic E-state index is -0.674. The highest BCUT2D eigenvalue weighted by Gasteiger charge is 2.41. The third-order valence-corrected chi connectivity index (χ3v) is 5.23. The molecule has 0 fully saturated rings. The Bertz CT molecular complexity index is 1050. The average Bonchev–Trinajstić information content (AvgIpc) is 3.06. The standard InChI is InChI=1S/C25H24N2O3/c1-2-30-22-15-9-6-12-19(22)17-27-23(20-13-7-8-14-21(20)25(27)29)24(28)26-16-18-10-4-3-5-11-18/h3-15,23H,2,16-17H2,1H3,(H,26,28). The second kappa shape index (κ2) is 8.82. The molecule has 1 heterocycles. The molecule has 0 bridgehead atoms. The van der Waals surface area contributed by atoms with Crippen LogP contribution in [-0.2, 0) is 17.9 Å². The van der Waals surface area contributed by atoms with Gasteiger partial charge in [-0.2, -0.15) is 0 Å². The van der Waals surface area contributed by atoms with Crippen LogP contribution in [0, 0.1) is 0 Å². The summed E-state index contributed by atoms with van der Waals surface area (Å²) in [6.07, 6.45) is 0. The van der Waals surface area contributed by atoms with E-state index in [4.69, 9.17) is 4.74 Å². The van der Waals surface area contributed by atoms with Crippen molar-refractivity contribution in [3.8, 4) is 5.75 Å². The van der Waals surface area contributed by atoms with Crippen LogP contribution in [0.3, 0.4) is 0 Å². The van der Waals surface area contributed by atoms with E-state index in [9.17, 15) is 9.59 Å². The van der Waals surface area contributed by atoms with Crippen molar-refractivity contribution in [2.45, 2.75) is 26.1 Å². The van der Waals surface area contributed by atoms with Crippen molar-refractivity contribution in [2.24, 2.45) is 0 Å². The van der Waals surface area contributed by atoms with E-state index >= 15 is 0 Å². The first-order valence-corrected chi connectivity index (χ1v) is 10.1. The summed E-state index contributed by atoms with van der Waals surface area (Å²) in [4.78, 5) is 28.0. The van der Waals surface area contributed by atoms with Gasteiger partial charge in [-0.3, -0.25) is 9.59 Å². The fraction of sp³-hybridized carbons (Fsp3) is 0.200. The van der Waals surface area contributed by atoms with E-state index in [-0.39, 0.29) is 11.8 Å². The zero-order valence-corrected chi connectivity index (χ0v) is 16.9.